The third kappa shape index (κ3) is 3.69. The lowest BCUT2D eigenvalue weighted by Gasteiger charge is -2.48. The van der Waals surface area contributed by atoms with Gasteiger partial charge in [0, 0.05) is 19.6 Å². The van der Waals surface area contributed by atoms with Gasteiger partial charge < -0.3 is 10.6 Å². The number of carbonyl (C=O) groups is 1. The van der Waals surface area contributed by atoms with E-state index in [1.807, 2.05) is 6.07 Å². The highest BCUT2D eigenvalue weighted by Crippen LogP contribution is 2.30. The van der Waals surface area contributed by atoms with Crippen LogP contribution in [0.1, 0.15) is 18.4 Å². The van der Waals surface area contributed by atoms with Crippen molar-refractivity contribution in [2.75, 3.05) is 26.2 Å². The Morgan fingerprint density at radius 3 is 2.38 bits per heavy atom. The smallest absolute Gasteiger partial charge is 0.240 e. The highest BCUT2D eigenvalue weighted by atomic mass is 35.5. The molecule has 2 saturated heterocycles. The Labute approximate surface area is 138 Å². The van der Waals surface area contributed by atoms with E-state index in [1.54, 1.807) is 0 Å². The van der Waals surface area contributed by atoms with Crippen LogP contribution in [0.25, 0.3) is 0 Å². The molecule has 0 aliphatic carbocycles. The molecule has 0 bridgehead atoms. The number of benzene rings is 1. The van der Waals surface area contributed by atoms with E-state index in [0.717, 1.165) is 45.6 Å². The molecule has 1 aromatic rings. The summed E-state index contributed by atoms with van der Waals surface area (Å²) in [6, 6.07) is 10.4. The van der Waals surface area contributed by atoms with Crippen LogP contribution >= 0.6 is 24.8 Å². The normalized spacial score (nSPS) is 21.0. The minimum Gasteiger partial charge on any atom is -0.353 e. The molecule has 1 amide bonds. The molecular formula is C15H23Cl2N3O. The first-order chi connectivity index (χ1) is 9.31. The van der Waals surface area contributed by atoms with Crippen LogP contribution in [-0.2, 0) is 11.3 Å². The van der Waals surface area contributed by atoms with Crippen molar-refractivity contribution in [2.45, 2.75) is 24.9 Å². The molecule has 4 nitrogen and oxygen atoms in total. The Hall–Kier alpha value is -0.810. The summed E-state index contributed by atoms with van der Waals surface area (Å²) in [4.78, 5) is 14.8. The van der Waals surface area contributed by atoms with Gasteiger partial charge in [-0.25, -0.2) is 0 Å². The molecule has 0 aromatic heterocycles. The van der Waals surface area contributed by atoms with Crippen LogP contribution < -0.4 is 10.6 Å². The van der Waals surface area contributed by atoms with E-state index in [4.69, 9.17) is 0 Å². The van der Waals surface area contributed by atoms with Gasteiger partial charge in [0.15, 0.2) is 0 Å². The highest BCUT2D eigenvalue weighted by molar-refractivity contribution is 5.87. The van der Waals surface area contributed by atoms with Crippen LogP contribution in [-0.4, -0.2) is 42.5 Å². The lowest BCUT2D eigenvalue weighted by molar-refractivity contribution is -0.140. The number of nitrogens with zero attached hydrogens (tertiary/aromatic N) is 1. The number of carbonyl (C=O) groups excluding carboxylic acids is 1. The summed E-state index contributed by atoms with van der Waals surface area (Å²) in [5, 5.41) is 6.40. The van der Waals surface area contributed by atoms with Crippen molar-refractivity contribution in [3.05, 3.63) is 35.9 Å². The zero-order chi connectivity index (χ0) is 13.1. The summed E-state index contributed by atoms with van der Waals surface area (Å²) in [6.07, 6.45) is 1.82. The van der Waals surface area contributed by atoms with Crippen molar-refractivity contribution in [1.29, 1.82) is 0 Å². The van der Waals surface area contributed by atoms with Gasteiger partial charge in [-0.05, 0) is 31.5 Å². The molecule has 0 saturated carbocycles. The molecule has 0 radical (unpaired) electrons. The van der Waals surface area contributed by atoms with Gasteiger partial charge in [-0.2, -0.15) is 0 Å². The van der Waals surface area contributed by atoms with Crippen LogP contribution in [0, 0.1) is 0 Å². The number of piperidine rings is 1. The van der Waals surface area contributed by atoms with Crippen LogP contribution in [0.2, 0.25) is 0 Å². The summed E-state index contributed by atoms with van der Waals surface area (Å²) in [5.41, 5.74) is 0.995. The quantitative estimate of drug-likeness (QED) is 0.864. The van der Waals surface area contributed by atoms with Gasteiger partial charge in [0.1, 0.15) is 5.54 Å². The maximum absolute atomic E-state index is 12.4. The first-order valence-corrected chi connectivity index (χ1v) is 7.09. The van der Waals surface area contributed by atoms with E-state index in [1.165, 1.54) is 5.56 Å². The summed E-state index contributed by atoms with van der Waals surface area (Å²) in [6.45, 7) is 4.44. The van der Waals surface area contributed by atoms with Gasteiger partial charge >= 0.3 is 0 Å². The first kappa shape index (κ1) is 18.2. The lowest BCUT2D eigenvalue weighted by atomic mass is 9.83. The molecule has 6 heteroatoms. The molecule has 0 unspecified atom stereocenters. The molecule has 0 atom stereocenters. The second kappa shape index (κ2) is 7.99. The Kier molecular flexibility index (Phi) is 6.94. The first-order valence-electron chi connectivity index (χ1n) is 7.09. The van der Waals surface area contributed by atoms with Crippen molar-refractivity contribution in [1.82, 2.24) is 15.5 Å². The molecule has 1 spiro atoms. The zero-order valence-electron chi connectivity index (χ0n) is 12.0. The summed E-state index contributed by atoms with van der Waals surface area (Å²) >= 11 is 0. The summed E-state index contributed by atoms with van der Waals surface area (Å²) in [5.74, 6) is 0.219. The number of hydrogen-bond donors (Lipinski definition) is 2. The van der Waals surface area contributed by atoms with Gasteiger partial charge in [-0.1, -0.05) is 30.3 Å². The van der Waals surface area contributed by atoms with Gasteiger partial charge in [-0.15, -0.1) is 24.8 Å². The maximum Gasteiger partial charge on any atom is 0.240 e. The minimum atomic E-state index is -0.292. The molecule has 2 aliphatic rings. The van der Waals surface area contributed by atoms with Gasteiger partial charge in [-0.3, -0.25) is 9.69 Å². The van der Waals surface area contributed by atoms with Crippen molar-refractivity contribution >= 4 is 30.7 Å². The molecule has 21 heavy (non-hydrogen) atoms. The fourth-order valence-corrected chi connectivity index (χ4v) is 3.24. The second-order valence-electron chi connectivity index (χ2n) is 5.44. The van der Waals surface area contributed by atoms with Crippen molar-refractivity contribution < 1.29 is 4.79 Å². The maximum atomic E-state index is 12.4. The van der Waals surface area contributed by atoms with E-state index in [2.05, 4.69) is 39.8 Å². The van der Waals surface area contributed by atoms with Gasteiger partial charge in [0.05, 0.1) is 0 Å². The zero-order valence-corrected chi connectivity index (χ0v) is 13.6. The van der Waals surface area contributed by atoms with E-state index in [0.29, 0.717) is 0 Å². The average Bonchev–Trinajstić information content (AvgIpc) is 2.47. The van der Waals surface area contributed by atoms with E-state index in [-0.39, 0.29) is 36.3 Å². The topological polar surface area (TPSA) is 44.4 Å². The minimum absolute atomic E-state index is 0. The predicted octanol–water partition coefficient (Wildman–Crippen LogP) is 1.58. The molecule has 2 heterocycles. The number of piperazine rings is 1. The summed E-state index contributed by atoms with van der Waals surface area (Å²) in [7, 11) is 0. The Morgan fingerprint density at radius 2 is 1.71 bits per heavy atom. The highest BCUT2D eigenvalue weighted by Gasteiger charge is 2.46. The standard InChI is InChI=1S/C15H21N3O.2ClH/c19-14-15(6-8-16-9-7-15)18(11-10-17-14)12-13-4-2-1-3-5-13;;/h1-5,16H,6-12H2,(H,17,19);2*1H. The average molecular weight is 332 g/mol. The fourth-order valence-electron chi connectivity index (χ4n) is 3.24. The van der Waals surface area contributed by atoms with Crippen molar-refractivity contribution in [2.24, 2.45) is 0 Å². The number of hydrogen-bond acceptors (Lipinski definition) is 3. The molecule has 2 N–H and O–H groups in total. The van der Waals surface area contributed by atoms with Crippen LogP contribution in [0.5, 0.6) is 0 Å². The lowest BCUT2D eigenvalue weighted by Crippen LogP contribution is -2.67. The molecule has 2 fully saturated rings. The Balaban J connectivity index is 0.00000110. The fraction of sp³-hybridized carbons (Fsp3) is 0.533. The monoisotopic (exact) mass is 331 g/mol. The SMILES string of the molecule is Cl.Cl.O=C1NCCN(Cc2ccccc2)C12CCNCC2. The number of amides is 1. The van der Waals surface area contributed by atoms with E-state index >= 15 is 0 Å². The Morgan fingerprint density at radius 1 is 1.05 bits per heavy atom. The predicted molar refractivity (Wildman–Crippen MR) is 89.2 cm³/mol. The van der Waals surface area contributed by atoms with Crippen molar-refractivity contribution in [3.8, 4) is 0 Å². The van der Waals surface area contributed by atoms with Crippen LogP contribution in [0.4, 0.5) is 0 Å². The molecule has 3 rings (SSSR count). The van der Waals surface area contributed by atoms with Crippen LogP contribution in [0.3, 0.4) is 0 Å². The number of rotatable bonds is 2. The van der Waals surface area contributed by atoms with Gasteiger partial charge in [0.2, 0.25) is 5.91 Å². The van der Waals surface area contributed by atoms with Crippen molar-refractivity contribution in [3.63, 3.8) is 0 Å². The third-order valence-electron chi connectivity index (χ3n) is 4.34. The number of nitrogens with one attached hydrogen (secondary N) is 2. The number of halogens is 2. The Bertz CT molecular complexity index is 449. The van der Waals surface area contributed by atoms with E-state index in [9.17, 15) is 4.79 Å². The molecular weight excluding hydrogens is 309 g/mol. The second-order valence-corrected chi connectivity index (χ2v) is 5.44. The third-order valence-corrected chi connectivity index (χ3v) is 4.34. The van der Waals surface area contributed by atoms with Gasteiger partial charge in [0.25, 0.3) is 0 Å². The molecule has 118 valence electrons. The molecule has 2 aliphatic heterocycles. The van der Waals surface area contributed by atoms with E-state index < -0.39 is 0 Å². The summed E-state index contributed by atoms with van der Waals surface area (Å²) < 4.78 is 0. The largest absolute Gasteiger partial charge is 0.353 e. The van der Waals surface area contributed by atoms with Crippen LogP contribution in [0.15, 0.2) is 30.3 Å². The molecule has 1 aromatic carbocycles.